The molecule has 31 heavy (non-hydrogen) atoms. The highest BCUT2D eigenvalue weighted by molar-refractivity contribution is 7.92. The van der Waals surface area contributed by atoms with Crippen LogP contribution >= 0.6 is 0 Å². The van der Waals surface area contributed by atoms with Crippen LogP contribution in [0.15, 0.2) is 40.8 Å². The van der Waals surface area contributed by atoms with Crippen LogP contribution in [-0.2, 0) is 14.8 Å². The fourth-order valence-electron chi connectivity index (χ4n) is 2.96. The second-order valence-corrected chi connectivity index (χ2v) is 8.71. The van der Waals surface area contributed by atoms with Crippen molar-refractivity contribution in [3.8, 4) is 17.1 Å². The van der Waals surface area contributed by atoms with Crippen molar-refractivity contribution in [2.75, 3.05) is 31.3 Å². The third-order valence-corrected chi connectivity index (χ3v) is 5.73. The lowest BCUT2D eigenvalue weighted by molar-refractivity contribution is -0.119. The molecule has 0 aliphatic rings. The molecule has 2 aromatic carbocycles. The van der Waals surface area contributed by atoms with Gasteiger partial charge in [-0.15, -0.1) is 0 Å². The molecule has 0 saturated carbocycles. The number of hydrogen-bond acceptors (Lipinski definition) is 6. The van der Waals surface area contributed by atoms with Gasteiger partial charge in [-0.2, -0.15) is 0 Å². The summed E-state index contributed by atoms with van der Waals surface area (Å²) < 4.78 is 49.8. The summed E-state index contributed by atoms with van der Waals surface area (Å²) in [5.74, 6) is -1.53. The number of furan rings is 1. The van der Waals surface area contributed by atoms with E-state index in [1.54, 1.807) is 0 Å². The second-order valence-electron chi connectivity index (χ2n) is 6.69. The van der Waals surface area contributed by atoms with Crippen LogP contribution in [0.2, 0.25) is 0 Å². The van der Waals surface area contributed by atoms with E-state index in [9.17, 15) is 22.4 Å². The molecular formula is C20H20FN3O6S. The number of carbonyl (C=O) groups is 2. The molecule has 0 unspecified atom stereocenters. The average Bonchev–Trinajstić information content (AvgIpc) is 3.08. The van der Waals surface area contributed by atoms with Gasteiger partial charge in [-0.3, -0.25) is 13.9 Å². The monoisotopic (exact) mass is 449 g/mol. The minimum atomic E-state index is -3.69. The number of ether oxygens (including phenoxy) is 1. The van der Waals surface area contributed by atoms with Crippen molar-refractivity contribution in [2.45, 2.75) is 0 Å². The summed E-state index contributed by atoms with van der Waals surface area (Å²) in [6, 6.07) is 8.13. The summed E-state index contributed by atoms with van der Waals surface area (Å²) in [5, 5.41) is 2.83. The highest BCUT2D eigenvalue weighted by Gasteiger charge is 2.26. The number of halogens is 1. The van der Waals surface area contributed by atoms with E-state index in [-0.39, 0.29) is 28.3 Å². The molecule has 0 saturated heterocycles. The first-order valence-electron chi connectivity index (χ1n) is 8.96. The van der Waals surface area contributed by atoms with Gasteiger partial charge in [-0.1, -0.05) is 0 Å². The number of carbonyl (C=O) groups excluding carboxylic acids is 2. The number of hydrogen-bond donors (Lipinski definition) is 2. The average molecular weight is 449 g/mol. The highest BCUT2D eigenvalue weighted by atomic mass is 32.2. The maximum Gasteiger partial charge on any atom is 0.255 e. The summed E-state index contributed by atoms with van der Waals surface area (Å²) in [6.45, 7) is -0.506. The Balaban J connectivity index is 2.32. The molecular weight excluding hydrogens is 429 g/mol. The van der Waals surface area contributed by atoms with Crippen molar-refractivity contribution >= 4 is 38.5 Å². The number of nitrogens with two attached hydrogens (primary N) is 1. The molecule has 3 rings (SSSR count). The minimum absolute atomic E-state index is 0.0100. The number of primary amides is 1. The molecule has 164 valence electrons. The molecule has 0 spiro atoms. The van der Waals surface area contributed by atoms with Crippen LogP contribution in [0.5, 0.6) is 5.75 Å². The molecule has 0 bridgehead atoms. The zero-order valence-electron chi connectivity index (χ0n) is 16.9. The lowest BCUT2D eigenvalue weighted by atomic mass is 10.0. The van der Waals surface area contributed by atoms with E-state index in [1.165, 1.54) is 50.5 Å². The van der Waals surface area contributed by atoms with Gasteiger partial charge in [-0.05, 0) is 30.3 Å². The van der Waals surface area contributed by atoms with Crippen molar-refractivity contribution in [2.24, 2.45) is 5.73 Å². The van der Waals surface area contributed by atoms with E-state index >= 15 is 0 Å². The van der Waals surface area contributed by atoms with Crippen LogP contribution in [0, 0.1) is 5.82 Å². The maximum absolute atomic E-state index is 13.4. The Bertz CT molecular complexity index is 1270. The van der Waals surface area contributed by atoms with Gasteiger partial charge in [0.05, 0.1) is 17.5 Å². The first-order chi connectivity index (χ1) is 14.5. The smallest absolute Gasteiger partial charge is 0.255 e. The van der Waals surface area contributed by atoms with Gasteiger partial charge in [0.2, 0.25) is 10.0 Å². The lowest BCUT2D eigenvalue weighted by Gasteiger charge is -2.20. The van der Waals surface area contributed by atoms with Crippen LogP contribution in [0.4, 0.5) is 10.1 Å². The van der Waals surface area contributed by atoms with Gasteiger partial charge in [-0.25, -0.2) is 12.8 Å². The van der Waals surface area contributed by atoms with E-state index in [0.29, 0.717) is 10.9 Å². The van der Waals surface area contributed by atoms with Gasteiger partial charge >= 0.3 is 0 Å². The number of sulfonamides is 1. The van der Waals surface area contributed by atoms with Crippen LogP contribution in [0.1, 0.15) is 10.4 Å². The fraction of sp³-hybridized carbons (Fsp3) is 0.200. The highest BCUT2D eigenvalue weighted by Crippen LogP contribution is 2.40. The quantitative estimate of drug-likeness (QED) is 0.566. The predicted molar refractivity (Wildman–Crippen MR) is 113 cm³/mol. The van der Waals surface area contributed by atoms with Crippen LogP contribution in [-0.4, -0.2) is 47.2 Å². The molecule has 0 atom stereocenters. The predicted octanol–water partition coefficient (Wildman–Crippen LogP) is 1.86. The number of benzene rings is 2. The Kier molecular flexibility index (Phi) is 5.89. The first-order valence-corrected chi connectivity index (χ1v) is 10.8. The Hall–Kier alpha value is -3.60. The van der Waals surface area contributed by atoms with Gasteiger partial charge < -0.3 is 20.2 Å². The Morgan fingerprint density at radius 1 is 1.23 bits per heavy atom. The number of nitrogens with zero attached hydrogens (tertiary/aromatic N) is 1. The minimum Gasteiger partial charge on any atom is -0.482 e. The van der Waals surface area contributed by atoms with Crippen LogP contribution in [0.3, 0.4) is 0 Å². The Morgan fingerprint density at radius 3 is 2.42 bits per heavy atom. The third kappa shape index (κ3) is 4.45. The molecule has 0 fully saturated rings. The molecule has 2 amide bonds. The van der Waals surface area contributed by atoms with Gasteiger partial charge in [0, 0.05) is 31.1 Å². The van der Waals surface area contributed by atoms with Crippen LogP contribution in [0.25, 0.3) is 22.3 Å². The van der Waals surface area contributed by atoms with E-state index in [2.05, 4.69) is 5.32 Å². The fourth-order valence-corrected chi connectivity index (χ4v) is 3.46. The number of fused-ring (bicyclic) bond motifs is 1. The summed E-state index contributed by atoms with van der Waals surface area (Å²) in [5.41, 5.74) is 6.00. The molecule has 0 radical (unpaired) electrons. The molecule has 1 heterocycles. The van der Waals surface area contributed by atoms with E-state index in [0.717, 1.165) is 10.6 Å². The summed E-state index contributed by atoms with van der Waals surface area (Å²) in [4.78, 5) is 23.8. The topological polar surface area (TPSA) is 132 Å². The number of anilines is 1. The van der Waals surface area contributed by atoms with Crippen molar-refractivity contribution in [1.29, 1.82) is 0 Å². The van der Waals surface area contributed by atoms with E-state index < -0.39 is 34.3 Å². The van der Waals surface area contributed by atoms with E-state index in [4.69, 9.17) is 14.9 Å². The Morgan fingerprint density at radius 2 is 1.87 bits per heavy atom. The molecule has 9 nitrogen and oxygen atoms in total. The standard InChI is InChI=1S/C20H20FN3O6S/c1-23-20(26)18-13-8-16(29-10-17(22)25)14(24(2)31(3,27)28)9-15(13)30-19(18)11-4-6-12(21)7-5-11/h4-9H,10H2,1-3H3,(H2,22,25)(H,23,26). The number of amides is 2. The van der Waals surface area contributed by atoms with Crippen LogP contribution < -0.4 is 20.1 Å². The largest absolute Gasteiger partial charge is 0.482 e. The summed E-state index contributed by atoms with van der Waals surface area (Å²) in [7, 11) is -0.953. The van der Waals surface area contributed by atoms with Crippen molar-refractivity contribution in [3.05, 3.63) is 47.8 Å². The summed E-state index contributed by atoms with van der Waals surface area (Å²) >= 11 is 0. The van der Waals surface area contributed by atoms with E-state index in [1.807, 2.05) is 0 Å². The van der Waals surface area contributed by atoms with Crippen molar-refractivity contribution in [1.82, 2.24) is 5.32 Å². The number of rotatable bonds is 7. The first kappa shape index (κ1) is 22.1. The zero-order chi connectivity index (χ0) is 22.9. The van der Waals surface area contributed by atoms with Crippen molar-refractivity contribution in [3.63, 3.8) is 0 Å². The lowest BCUT2D eigenvalue weighted by Crippen LogP contribution is -2.26. The molecule has 1 aromatic heterocycles. The second kappa shape index (κ2) is 8.26. The number of nitrogens with one attached hydrogen (secondary N) is 1. The normalized spacial score (nSPS) is 11.4. The molecule has 11 heteroatoms. The molecule has 3 N–H and O–H groups in total. The zero-order valence-corrected chi connectivity index (χ0v) is 17.7. The van der Waals surface area contributed by atoms with Crippen molar-refractivity contribution < 1.29 is 31.6 Å². The Labute approximate surface area is 177 Å². The molecule has 0 aliphatic heterocycles. The summed E-state index contributed by atoms with van der Waals surface area (Å²) in [6.07, 6.45) is 0.997. The van der Waals surface area contributed by atoms with Gasteiger partial charge in [0.1, 0.15) is 22.9 Å². The van der Waals surface area contributed by atoms with Gasteiger partial charge in [0.25, 0.3) is 11.8 Å². The molecule has 0 aliphatic carbocycles. The SMILES string of the molecule is CNC(=O)c1c(-c2ccc(F)cc2)oc2cc(N(C)S(C)(=O)=O)c(OCC(N)=O)cc12. The maximum atomic E-state index is 13.4. The van der Waals surface area contributed by atoms with Gasteiger partial charge in [0.15, 0.2) is 6.61 Å². The third-order valence-electron chi connectivity index (χ3n) is 4.54. The molecule has 3 aromatic rings.